The standard InChI is InChI=1S/C30H36O2/c1-3-21-5-9-23(10-6-21)25-13-17-29(18-14-25)27(31)30(28(29)32)19-15-26(16-20-30)24-11-7-22(4-2)8-12-24/h5-12,25-26H,3-4,13-20H2,1-2H3. The van der Waals surface area contributed by atoms with E-state index in [0.717, 1.165) is 64.2 Å². The van der Waals surface area contributed by atoms with Gasteiger partial charge in [-0.1, -0.05) is 62.4 Å². The van der Waals surface area contributed by atoms with Gasteiger partial charge in [-0.3, -0.25) is 9.59 Å². The van der Waals surface area contributed by atoms with Crippen molar-refractivity contribution in [2.75, 3.05) is 0 Å². The van der Waals surface area contributed by atoms with Crippen molar-refractivity contribution in [2.45, 2.75) is 89.9 Å². The Morgan fingerprint density at radius 2 is 0.906 bits per heavy atom. The highest BCUT2D eigenvalue weighted by atomic mass is 16.2. The van der Waals surface area contributed by atoms with E-state index in [9.17, 15) is 9.59 Å². The minimum atomic E-state index is -0.643. The summed E-state index contributed by atoms with van der Waals surface area (Å²) < 4.78 is 0. The van der Waals surface area contributed by atoms with E-state index in [-0.39, 0.29) is 0 Å². The molecule has 0 heterocycles. The zero-order chi connectivity index (χ0) is 22.3. The largest absolute Gasteiger partial charge is 0.297 e. The minimum absolute atomic E-state index is 0.301. The summed E-state index contributed by atoms with van der Waals surface area (Å²) in [6, 6.07) is 17.9. The molecule has 3 fully saturated rings. The van der Waals surface area contributed by atoms with Crippen molar-refractivity contribution in [2.24, 2.45) is 10.8 Å². The Balaban J connectivity index is 1.22. The van der Waals surface area contributed by atoms with Crippen LogP contribution in [0.5, 0.6) is 0 Å². The third-order valence-corrected chi connectivity index (χ3v) is 9.14. The summed E-state index contributed by atoms with van der Waals surface area (Å²) in [4.78, 5) is 27.1. The first-order valence-corrected chi connectivity index (χ1v) is 12.8. The summed E-state index contributed by atoms with van der Waals surface area (Å²) in [5.74, 6) is 1.58. The molecule has 3 saturated carbocycles. The van der Waals surface area contributed by atoms with Gasteiger partial charge in [0.1, 0.15) is 0 Å². The lowest BCUT2D eigenvalue weighted by Gasteiger charge is -2.57. The molecule has 3 aliphatic carbocycles. The first kappa shape index (κ1) is 21.6. The quantitative estimate of drug-likeness (QED) is 0.494. The van der Waals surface area contributed by atoms with Crippen LogP contribution in [0.2, 0.25) is 0 Å². The lowest BCUT2D eigenvalue weighted by Crippen LogP contribution is -2.68. The molecule has 2 aromatic rings. The van der Waals surface area contributed by atoms with Crippen LogP contribution in [0.1, 0.15) is 99.3 Å². The van der Waals surface area contributed by atoms with Crippen LogP contribution in [0.4, 0.5) is 0 Å². The minimum Gasteiger partial charge on any atom is -0.297 e. The molecule has 0 saturated heterocycles. The molecule has 0 aromatic heterocycles. The first-order chi connectivity index (χ1) is 15.5. The van der Waals surface area contributed by atoms with Gasteiger partial charge in [0.25, 0.3) is 0 Å². The molecule has 0 unspecified atom stereocenters. The Bertz CT molecular complexity index is 883. The van der Waals surface area contributed by atoms with E-state index in [4.69, 9.17) is 0 Å². The van der Waals surface area contributed by atoms with E-state index in [1.54, 1.807) is 0 Å². The average molecular weight is 429 g/mol. The Morgan fingerprint density at radius 3 is 1.19 bits per heavy atom. The number of carbonyl (C=O) groups excluding carboxylic acids is 2. The molecule has 0 bridgehead atoms. The number of hydrogen-bond donors (Lipinski definition) is 0. The highest BCUT2D eigenvalue weighted by Gasteiger charge is 2.70. The molecular weight excluding hydrogens is 392 g/mol. The molecule has 2 aromatic carbocycles. The van der Waals surface area contributed by atoms with Crippen LogP contribution < -0.4 is 0 Å². The fourth-order valence-corrected chi connectivity index (χ4v) is 6.91. The predicted molar refractivity (Wildman–Crippen MR) is 129 cm³/mol. The van der Waals surface area contributed by atoms with Crippen molar-refractivity contribution in [3.05, 3.63) is 70.8 Å². The number of benzene rings is 2. The second-order valence-electron chi connectivity index (χ2n) is 10.6. The van der Waals surface area contributed by atoms with Crippen molar-refractivity contribution < 1.29 is 9.59 Å². The van der Waals surface area contributed by atoms with Gasteiger partial charge in [-0.05, 0) is 98.3 Å². The molecule has 2 heteroatoms. The molecule has 0 aliphatic heterocycles. The Labute approximate surface area is 192 Å². The number of hydrogen-bond acceptors (Lipinski definition) is 2. The monoisotopic (exact) mass is 428 g/mol. The van der Waals surface area contributed by atoms with E-state index in [0.29, 0.717) is 23.4 Å². The van der Waals surface area contributed by atoms with E-state index < -0.39 is 10.8 Å². The lowest BCUT2D eigenvalue weighted by molar-refractivity contribution is -0.177. The maximum atomic E-state index is 13.6. The second-order valence-corrected chi connectivity index (χ2v) is 10.6. The fraction of sp³-hybridized carbons (Fsp3) is 0.533. The predicted octanol–water partition coefficient (Wildman–Crippen LogP) is 6.95. The van der Waals surface area contributed by atoms with E-state index in [1.807, 2.05) is 0 Å². The maximum Gasteiger partial charge on any atom is 0.159 e. The topological polar surface area (TPSA) is 34.1 Å². The summed E-state index contributed by atoms with van der Waals surface area (Å²) in [6.45, 7) is 4.36. The summed E-state index contributed by atoms with van der Waals surface area (Å²) in [6.07, 6.45) is 9.01. The number of ketones is 2. The second kappa shape index (κ2) is 8.28. The van der Waals surface area contributed by atoms with Gasteiger partial charge >= 0.3 is 0 Å². The first-order valence-electron chi connectivity index (χ1n) is 12.8. The number of aryl methyl sites for hydroxylation is 2. The SMILES string of the molecule is CCc1ccc(C2CCC3(CC2)C(=O)C2(CCC(c4ccc(CC)cc4)CC2)C3=O)cc1. The van der Waals surface area contributed by atoms with Crippen molar-refractivity contribution in [3.8, 4) is 0 Å². The van der Waals surface area contributed by atoms with Crippen LogP contribution in [0.25, 0.3) is 0 Å². The Morgan fingerprint density at radius 1 is 0.594 bits per heavy atom. The third kappa shape index (κ3) is 3.29. The van der Waals surface area contributed by atoms with E-state index in [2.05, 4.69) is 62.4 Å². The fourth-order valence-electron chi connectivity index (χ4n) is 6.91. The van der Waals surface area contributed by atoms with Gasteiger partial charge in [0.05, 0.1) is 10.8 Å². The zero-order valence-corrected chi connectivity index (χ0v) is 19.7. The summed E-state index contributed by atoms with van der Waals surface area (Å²) >= 11 is 0. The van der Waals surface area contributed by atoms with E-state index in [1.165, 1.54) is 22.3 Å². The Kier molecular flexibility index (Phi) is 5.60. The normalized spacial score (nSPS) is 32.3. The highest BCUT2D eigenvalue weighted by molar-refractivity contribution is 6.30. The highest BCUT2D eigenvalue weighted by Crippen LogP contribution is 2.62. The van der Waals surface area contributed by atoms with Crippen molar-refractivity contribution in [1.29, 1.82) is 0 Å². The molecule has 0 amide bonds. The van der Waals surface area contributed by atoms with Gasteiger partial charge in [-0.15, -0.1) is 0 Å². The van der Waals surface area contributed by atoms with Crippen LogP contribution in [0, 0.1) is 10.8 Å². The number of Topliss-reactive ketones (excluding diaryl/α,β-unsaturated/α-hetero) is 2. The van der Waals surface area contributed by atoms with Gasteiger partial charge in [0, 0.05) is 0 Å². The van der Waals surface area contributed by atoms with Crippen molar-refractivity contribution in [3.63, 3.8) is 0 Å². The summed E-state index contributed by atoms with van der Waals surface area (Å²) in [5.41, 5.74) is 4.19. The van der Waals surface area contributed by atoms with Gasteiger partial charge in [-0.2, -0.15) is 0 Å². The van der Waals surface area contributed by atoms with Gasteiger partial charge in [0.2, 0.25) is 0 Å². The van der Waals surface area contributed by atoms with Gasteiger partial charge < -0.3 is 0 Å². The van der Waals surface area contributed by atoms with E-state index >= 15 is 0 Å². The van der Waals surface area contributed by atoms with Crippen molar-refractivity contribution >= 4 is 11.6 Å². The molecule has 0 N–H and O–H groups in total. The molecule has 2 spiro atoms. The average Bonchev–Trinajstić information content (AvgIpc) is 2.88. The van der Waals surface area contributed by atoms with Crippen LogP contribution in [0.3, 0.4) is 0 Å². The van der Waals surface area contributed by atoms with Gasteiger partial charge in [0.15, 0.2) is 11.6 Å². The summed E-state index contributed by atoms with van der Waals surface area (Å²) in [7, 11) is 0. The third-order valence-electron chi connectivity index (χ3n) is 9.14. The van der Waals surface area contributed by atoms with Crippen LogP contribution >= 0.6 is 0 Å². The molecule has 32 heavy (non-hydrogen) atoms. The lowest BCUT2D eigenvalue weighted by atomic mass is 9.42. The van der Waals surface area contributed by atoms with Gasteiger partial charge in [-0.25, -0.2) is 0 Å². The molecule has 0 radical (unpaired) electrons. The zero-order valence-electron chi connectivity index (χ0n) is 19.7. The number of rotatable bonds is 4. The molecular formula is C30H36O2. The van der Waals surface area contributed by atoms with Crippen molar-refractivity contribution in [1.82, 2.24) is 0 Å². The molecule has 5 rings (SSSR count). The van der Waals surface area contributed by atoms with Crippen LogP contribution in [0.15, 0.2) is 48.5 Å². The smallest absolute Gasteiger partial charge is 0.159 e. The maximum absolute atomic E-state index is 13.6. The molecule has 2 nitrogen and oxygen atoms in total. The summed E-state index contributed by atoms with van der Waals surface area (Å²) in [5, 5.41) is 0. The number of carbonyl (C=O) groups is 2. The molecule has 0 atom stereocenters. The molecule has 3 aliphatic rings. The van der Waals surface area contributed by atoms with Crippen LogP contribution in [-0.4, -0.2) is 11.6 Å². The molecule has 168 valence electrons. The van der Waals surface area contributed by atoms with Crippen LogP contribution in [-0.2, 0) is 22.4 Å². The Hall–Kier alpha value is -2.22.